The summed E-state index contributed by atoms with van der Waals surface area (Å²) in [5.41, 5.74) is 13.1. The third kappa shape index (κ3) is 5.75. The molecular weight excluding hydrogens is 645 g/mol. The molecule has 10 aromatic rings. The maximum atomic E-state index is 6.32. The Morgan fingerprint density at radius 2 is 0.887 bits per heavy atom. The minimum Gasteiger partial charge on any atom is -0.456 e. The highest BCUT2D eigenvalue weighted by Gasteiger charge is 2.17. The van der Waals surface area contributed by atoms with Gasteiger partial charge in [-0.2, -0.15) is 0 Å². The van der Waals surface area contributed by atoms with Crippen LogP contribution in [0.5, 0.6) is 0 Å². The lowest BCUT2D eigenvalue weighted by atomic mass is 9.93. The van der Waals surface area contributed by atoms with E-state index in [0.717, 1.165) is 83.4 Å². The number of hydrogen-bond acceptors (Lipinski definition) is 3. The van der Waals surface area contributed by atoms with Gasteiger partial charge in [-0.25, -0.2) is 9.97 Å². The molecule has 0 aliphatic rings. The predicted octanol–water partition coefficient (Wildman–Crippen LogP) is 13.5. The molecule has 0 aliphatic carbocycles. The fraction of sp³-hybridized carbons (Fsp3) is 0. The molecule has 2 aromatic heterocycles. The zero-order valence-corrected chi connectivity index (χ0v) is 28.8. The smallest absolute Gasteiger partial charge is 0.161 e. The van der Waals surface area contributed by atoms with Crippen molar-refractivity contribution < 1.29 is 4.42 Å². The number of furan rings is 1. The Morgan fingerprint density at radius 3 is 1.70 bits per heavy atom. The quantitative estimate of drug-likeness (QED) is 0.176. The number of rotatable bonds is 6. The Balaban J connectivity index is 1.18. The predicted molar refractivity (Wildman–Crippen MR) is 219 cm³/mol. The van der Waals surface area contributed by atoms with E-state index in [0.29, 0.717) is 5.82 Å². The van der Waals surface area contributed by atoms with E-state index in [1.165, 1.54) is 10.8 Å². The molecule has 0 radical (unpaired) electrons. The van der Waals surface area contributed by atoms with Crippen LogP contribution in [0.2, 0.25) is 0 Å². The standard InChI is InChI=1S/C50H32N2O/c1-3-13-33(14-4-1)39-28-40(37-25-26-44-43-20-11-12-22-48(43)53-49(44)31-37)30-41(29-39)47-32-46(35-16-5-2-6-17-35)51-50(52-47)45-21-10-9-19-42(45)38-24-23-34-15-7-8-18-36(34)27-38/h1-32H. The highest BCUT2D eigenvalue weighted by Crippen LogP contribution is 2.38. The first-order valence-corrected chi connectivity index (χ1v) is 17.9. The second-order valence-corrected chi connectivity index (χ2v) is 13.4. The molecule has 10 rings (SSSR count). The molecule has 2 heterocycles. The number of para-hydroxylation sites is 1. The van der Waals surface area contributed by atoms with Crippen LogP contribution in [0.15, 0.2) is 199 Å². The Morgan fingerprint density at radius 1 is 0.302 bits per heavy atom. The van der Waals surface area contributed by atoms with Crippen LogP contribution in [0.3, 0.4) is 0 Å². The maximum absolute atomic E-state index is 6.32. The van der Waals surface area contributed by atoms with Crippen LogP contribution in [0.1, 0.15) is 0 Å². The average molecular weight is 677 g/mol. The first-order valence-electron chi connectivity index (χ1n) is 17.9. The summed E-state index contributed by atoms with van der Waals surface area (Å²) in [7, 11) is 0. The summed E-state index contributed by atoms with van der Waals surface area (Å²) in [5, 5.41) is 4.65. The van der Waals surface area contributed by atoms with Gasteiger partial charge in [-0.15, -0.1) is 0 Å². The van der Waals surface area contributed by atoms with Gasteiger partial charge in [-0.3, -0.25) is 0 Å². The summed E-state index contributed by atoms with van der Waals surface area (Å²) in [6, 6.07) is 68.1. The maximum Gasteiger partial charge on any atom is 0.161 e. The van der Waals surface area contributed by atoms with Crippen molar-refractivity contribution in [1.82, 2.24) is 9.97 Å². The lowest BCUT2D eigenvalue weighted by Gasteiger charge is -2.15. The van der Waals surface area contributed by atoms with E-state index < -0.39 is 0 Å². The summed E-state index contributed by atoms with van der Waals surface area (Å²) < 4.78 is 6.32. The molecule has 0 N–H and O–H groups in total. The van der Waals surface area contributed by atoms with Crippen molar-refractivity contribution in [2.75, 3.05) is 0 Å². The fourth-order valence-corrected chi connectivity index (χ4v) is 7.40. The Hall–Kier alpha value is -7.10. The molecule has 0 spiro atoms. The number of benzene rings is 8. The van der Waals surface area contributed by atoms with E-state index in [9.17, 15) is 0 Å². The molecule has 248 valence electrons. The molecule has 0 aliphatic heterocycles. The van der Waals surface area contributed by atoms with Gasteiger partial charge in [0.15, 0.2) is 5.82 Å². The third-order valence-electron chi connectivity index (χ3n) is 10.1. The van der Waals surface area contributed by atoms with Crippen molar-refractivity contribution in [3.8, 4) is 67.3 Å². The van der Waals surface area contributed by atoms with Crippen LogP contribution in [0, 0.1) is 0 Å². The molecule has 0 bridgehead atoms. The summed E-state index contributed by atoms with van der Waals surface area (Å²) in [6.45, 7) is 0. The first-order chi connectivity index (χ1) is 26.2. The summed E-state index contributed by atoms with van der Waals surface area (Å²) in [5.74, 6) is 0.681. The van der Waals surface area contributed by atoms with E-state index in [1.54, 1.807) is 0 Å². The van der Waals surface area contributed by atoms with Crippen molar-refractivity contribution in [2.45, 2.75) is 0 Å². The van der Waals surface area contributed by atoms with E-state index in [-0.39, 0.29) is 0 Å². The first kappa shape index (κ1) is 30.7. The minimum absolute atomic E-state index is 0.681. The second kappa shape index (κ2) is 12.9. The number of nitrogens with zero attached hydrogens (tertiary/aromatic N) is 2. The van der Waals surface area contributed by atoms with Crippen LogP contribution in [-0.4, -0.2) is 9.97 Å². The van der Waals surface area contributed by atoms with Crippen LogP contribution in [0.25, 0.3) is 100.0 Å². The zero-order valence-electron chi connectivity index (χ0n) is 28.8. The Bertz CT molecular complexity index is 2950. The summed E-state index contributed by atoms with van der Waals surface area (Å²) in [4.78, 5) is 10.6. The Labute approximate surface area is 307 Å². The lowest BCUT2D eigenvalue weighted by molar-refractivity contribution is 0.669. The van der Waals surface area contributed by atoms with E-state index in [2.05, 4.69) is 176 Å². The fourth-order valence-electron chi connectivity index (χ4n) is 7.40. The second-order valence-electron chi connectivity index (χ2n) is 13.4. The normalized spacial score (nSPS) is 11.4. The Kier molecular flexibility index (Phi) is 7.47. The van der Waals surface area contributed by atoms with Crippen molar-refractivity contribution in [3.63, 3.8) is 0 Å². The van der Waals surface area contributed by atoms with Crippen LogP contribution >= 0.6 is 0 Å². The molecule has 8 aromatic carbocycles. The molecule has 0 fully saturated rings. The molecule has 0 atom stereocenters. The molecule has 0 amide bonds. The SMILES string of the molecule is c1ccc(-c2cc(-c3ccc4c(c3)oc3ccccc34)cc(-c3cc(-c4ccccc4)nc(-c4ccccc4-c4ccc5ccccc5c4)n3)c2)cc1. The number of fused-ring (bicyclic) bond motifs is 4. The van der Waals surface area contributed by atoms with Gasteiger partial charge >= 0.3 is 0 Å². The van der Waals surface area contributed by atoms with E-state index in [1.807, 2.05) is 18.2 Å². The highest BCUT2D eigenvalue weighted by molar-refractivity contribution is 6.06. The van der Waals surface area contributed by atoms with Gasteiger partial charge in [-0.1, -0.05) is 146 Å². The number of hydrogen-bond donors (Lipinski definition) is 0. The number of aromatic nitrogens is 2. The average Bonchev–Trinajstić information content (AvgIpc) is 3.62. The van der Waals surface area contributed by atoms with Crippen molar-refractivity contribution in [1.29, 1.82) is 0 Å². The molecule has 0 saturated carbocycles. The van der Waals surface area contributed by atoms with E-state index in [4.69, 9.17) is 14.4 Å². The van der Waals surface area contributed by atoms with Crippen molar-refractivity contribution in [2.24, 2.45) is 0 Å². The van der Waals surface area contributed by atoms with Gasteiger partial charge in [0.25, 0.3) is 0 Å². The lowest BCUT2D eigenvalue weighted by Crippen LogP contribution is -1.98. The van der Waals surface area contributed by atoms with Crippen LogP contribution < -0.4 is 0 Å². The molecule has 3 nitrogen and oxygen atoms in total. The molecule has 53 heavy (non-hydrogen) atoms. The molecular formula is C50H32N2O. The molecule has 0 unspecified atom stereocenters. The van der Waals surface area contributed by atoms with Gasteiger partial charge < -0.3 is 4.42 Å². The molecule has 0 saturated heterocycles. The summed E-state index contributed by atoms with van der Waals surface area (Å²) >= 11 is 0. The van der Waals surface area contributed by atoms with Gasteiger partial charge in [0.05, 0.1) is 11.4 Å². The minimum atomic E-state index is 0.681. The van der Waals surface area contributed by atoms with Crippen molar-refractivity contribution in [3.05, 3.63) is 194 Å². The molecule has 3 heteroatoms. The van der Waals surface area contributed by atoms with Gasteiger partial charge in [0, 0.05) is 27.5 Å². The van der Waals surface area contributed by atoms with Crippen molar-refractivity contribution >= 4 is 32.7 Å². The topological polar surface area (TPSA) is 38.9 Å². The monoisotopic (exact) mass is 676 g/mol. The van der Waals surface area contributed by atoms with E-state index >= 15 is 0 Å². The van der Waals surface area contributed by atoms with Crippen LogP contribution in [-0.2, 0) is 0 Å². The third-order valence-corrected chi connectivity index (χ3v) is 10.1. The van der Waals surface area contributed by atoms with Gasteiger partial charge in [0.2, 0.25) is 0 Å². The van der Waals surface area contributed by atoms with Gasteiger partial charge in [-0.05, 0) is 92.7 Å². The van der Waals surface area contributed by atoms with Crippen LogP contribution in [0.4, 0.5) is 0 Å². The largest absolute Gasteiger partial charge is 0.456 e. The zero-order chi connectivity index (χ0) is 35.1. The summed E-state index contributed by atoms with van der Waals surface area (Å²) in [6.07, 6.45) is 0. The van der Waals surface area contributed by atoms with Gasteiger partial charge in [0.1, 0.15) is 11.2 Å². The highest BCUT2D eigenvalue weighted by atomic mass is 16.3.